The topological polar surface area (TPSA) is 90.3 Å². The Hall–Kier alpha value is -2.66. The van der Waals surface area contributed by atoms with Crippen LogP contribution in [0.4, 0.5) is 0 Å². The van der Waals surface area contributed by atoms with E-state index in [1.807, 2.05) is 6.07 Å². The van der Waals surface area contributed by atoms with Crippen LogP contribution < -0.4 is 15.7 Å². The number of thiophene rings is 1. The number of ether oxygens (including phenoxy) is 1. The third-order valence-corrected chi connectivity index (χ3v) is 7.12. The molecule has 168 valence electrons. The minimum absolute atomic E-state index is 0.0209. The molecular formula is C22H15BrClN3O4S2. The molecule has 0 atom stereocenters. The van der Waals surface area contributed by atoms with E-state index in [9.17, 15) is 14.4 Å². The van der Waals surface area contributed by atoms with E-state index >= 15 is 0 Å². The predicted octanol–water partition coefficient (Wildman–Crippen LogP) is 5.00. The molecule has 0 saturated carbocycles. The number of nitrogens with zero attached hydrogens (tertiary/aromatic N) is 2. The molecule has 4 aromatic rings. The molecule has 7 nitrogen and oxygen atoms in total. The normalized spacial score (nSPS) is 10.8. The van der Waals surface area contributed by atoms with Crippen LogP contribution in [0.15, 0.2) is 74.4 Å². The van der Waals surface area contributed by atoms with E-state index in [0.29, 0.717) is 31.0 Å². The molecule has 2 heterocycles. The first-order chi connectivity index (χ1) is 15.9. The van der Waals surface area contributed by atoms with Gasteiger partial charge in [-0.2, -0.15) is 4.68 Å². The number of aromatic nitrogens is 2. The van der Waals surface area contributed by atoms with E-state index in [0.717, 1.165) is 16.4 Å². The van der Waals surface area contributed by atoms with Crippen LogP contribution in [0.2, 0.25) is 5.02 Å². The number of carbonyl (C=O) groups excluding carboxylic acids is 2. The Morgan fingerprint density at radius 3 is 2.67 bits per heavy atom. The van der Waals surface area contributed by atoms with Crippen LogP contribution in [0, 0.1) is 0 Å². The summed E-state index contributed by atoms with van der Waals surface area (Å²) in [5.41, 5.74) is 3.11. The van der Waals surface area contributed by atoms with Crippen molar-refractivity contribution in [1.29, 1.82) is 0 Å². The third-order valence-electron chi connectivity index (χ3n) is 4.38. The van der Waals surface area contributed by atoms with Crippen LogP contribution in [0.25, 0.3) is 10.2 Å². The standard InChI is InChI=1S/C22H15BrClN3O4S2/c23-15-3-1-2-4-18(15)31-11-19(29)26-27-21(30)20-16(9-10-32-20)25-22(27)33-12-17(28)13-5-7-14(24)8-6-13/h1-10H,11-12H2,(H,26,29). The summed E-state index contributed by atoms with van der Waals surface area (Å²) in [4.78, 5) is 42.6. The molecule has 0 spiro atoms. The lowest BCUT2D eigenvalue weighted by molar-refractivity contribution is -0.119. The summed E-state index contributed by atoms with van der Waals surface area (Å²) < 4.78 is 7.69. The second kappa shape index (κ2) is 10.5. The average Bonchev–Trinajstić information content (AvgIpc) is 3.28. The summed E-state index contributed by atoms with van der Waals surface area (Å²) in [7, 11) is 0. The minimum atomic E-state index is -0.545. The lowest BCUT2D eigenvalue weighted by Gasteiger charge is -2.13. The number of amides is 1. The fourth-order valence-electron chi connectivity index (χ4n) is 2.80. The summed E-state index contributed by atoms with van der Waals surface area (Å²) in [6.07, 6.45) is 0. The van der Waals surface area contributed by atoms with Gasteiger partial charge in [-0.1, -0.05) is 35.5 Å². The number of fused-ring (bicyclic) bond motifs is 1. The van der Waals surface area contributed by atoms with Crippen LogP contribution in [-0.2, 0) is 4.79 Å². The fraction of sp³-hybridized carbons (Fsp3) is 0.0909. The molecule has 11 heteroatoms. The maximum absolute atomic E-state index is 13.0. The summed E-state index contributed by atoms with van der Waals surface area (Å²) in [6.45, 7) is -0.314. The Bertz CT molecular complexity index is 1390. The van der Waals surface area contributed by atoms with Gasteiger partial charge < -0.3 is 4.74 Å². The quantitative estimate of drug-likeness (QED) is 0.184. The van der Waals surface area contributed by atoms with E-state index in [2.05, 4.69) is 26.3 Å². The van der Waals surface area contributed by atoms with E-state index in [1.54, 1.807) is 53.9 Å². The Labute approximate surface area is 209 Å². The first-order valence-electron chi connectivity index (χ1n) is 9.51. The highest BCUT2D eigenvalue weighted by atomic mass is 79.9. The number of nitrogens with one attached hydrogen (secondary N) is 1. The van der Waals surface area contributed by atoms with Gasteiger partial charge in [0.15, 0.2) is 17.5 Å². The van der Waals surface area contributed by atoms with Crippen LogP contribution >= 0.6 is 50.6 Å². The van der Waals surface area contributed by atoms with Gasteiger partial charge >= 0.3 is 0 Å². The second-order valence-corrected chi connectivity index (χ2v) is 9.79. The minimum Gasteiger partial charge on any atom is -0.483 e. The number of ketones is 1. The van der Waals surface area contributed by atoms with E-state index in [1.165, 1.54) is 11.3 Å². The van der Waals surface area contributed by atoms with Crippen molar-refractivity contribution in [3.63, 3.8) is 0 Å². The molecule has 0 unspecified atom stereocenters. The molecule has 2 aromatic carbocycles. The van der Waals surface area contributed by atoms with Gasteiger partial charge in [0.25, 0.3) is 11.5 Å². The molecule has 33 heavy (non-hydrogen) atoms. The van der Waals surface area contributed by atoms with Crippen molar-refractivity contribution in [2.45, 2.75) is 5.16 Å². The number of thioether (sulfide) groups is 1. The summed E-state index contributed by atoms with van der Waals surface area (Å²) in [6, 6.07) is 15.4. The molecule has 0 saturated heterocycles. The predicted molar refractivity (Wildman–Crippen MR) is 134 cm³/mol. The highest BCUT2D eigenvalue weighted by Gasteiger charge is 2.17. The van der Waals surface area contributed by atoms with Crippen molar-refractivity contribution >= 4 is 72.5 Å². The molecule has 4 rings (SSSR count). The number of hydrogen-bond acceptors (Lipinski definition) is 7. The van der Waals surface area contributed by atoms with Gasteiger partial charge in [-0.15, -0.1) is 11.3 Å². The van der Waals surface area contributed by atoms with Crippen molar-refractivity contribution in [1.82, 2.24) is 9.66 Å². The molecule has 2 aromatic heterocycles. The second-order valence-electron chi connectivity index (χ2n) is 6.64. The first-order valence-corrected chi connectivity index (χ1v) is 12.5. The maximum Gasteiger partial charge on any atom is 0.291 e. The Morgan fingerprint density at radius 2 is 1.91 bits per heavy atom. The Kier molecular flexibility index (Phi) is 7.49. The van der Waals surface area contributed by atoms with Crippen molar-refractivity contribution < 1.29 is 14.3 Å². The average molecular weight is 565 g/mol. The zero-order valence-electron chi connectivity index (χ0n) is 16.8. The Morgan fingerprint density at radius 1 is 1.15 bits per heavy atom. The zero-order chi connectivity index (χ0) is 23.4. The van der Waals surface area contributed by atoms with E-state index in [-0.39, 0.29) is 23.3 Å². The monoisotopic (exact) mass is 563 g/mol. The van der Waals surface area contributed by atoms with Gasteiger partial charge in [0.2, 0.25) is 0 Å². The van der Waals surface area contributed by atoms with Gasteiger partial charge in [-0.05, 0) is 63.8 Å². The van der Waals surface area contributed by atoms with Crippen molar-refractivity contribution in [2.75, 3.05) is 17.8 Å². The number of para-hydroxylation sites is 1. The van der Waals surface area contributed by atoms with Crippen molar-refractivity contribution in [3.05, 3.63) is 85.4 Å². The van der Waals surface area contributed by atoms with Crippen LogP contribution in [0.3, 0.4) is 0 Å². The number of halogens is 2. The maximum atomic E-state index is 13.0. The van der Waals surface area contributed by atoms with Gasteiger partial charge in [0.1, 0.15) is 10.4 Å². The van der Waals surface area contributed by atoms with Gasteiger partial charge in [-0.3, -0.25) is 19.8 Å². The zero-order valence-corrected chi connectivity index (χ0v) is 20.8. The number of benzene rings is 2. The number of hydrogen-bond donors (Lipinski definition) is 1. The van der Waals surface area contributed by atoms with Crippen LogP contribution in [0.1, 0.15) is 10.4 Å². The van der Waals surface area contributed by atoms with Crippen LogP contribution in [0.5, 0.6) is 5.75 Å². The molecule has 0 radical (unpaired) electrons. The number of carbonyl (C=O) groups is 2. The number of rotatable bonds is 8. The van der Waals surface area contributed by atoms with Gasteiger partial charge in [0, 0.05) is 10.6 Å². The van der Waals surface area contributed by atoms with Crippen molar-refractivity contribution in [2.24, 2.45) is 0 Å². The summed E-state index contributed by atoms with van der Waals surface area (Å²) in [5, 5.41) is 2.47. The lowest BCUT2D eigenvalue weighted by atomic mass is 10.1. The molecule has 0 aliphatic rings. The van der Waals surface area contributed by atoms with Gasteiger partial charge in [0.05, 0.1) is 15.7 Å². The largest absolute Gasteiger partial charge is 0.483 e. The summed E-state index contributed by atoms with van der Waals surface area (Å²) in [5.74, 6) is -0.189. The smallest absolute Gasteiger partial charge is 0.291 e. The third kappa shape index (κ3) is 5.64. The number of Topliss-reactive ketones (excluding diaryl/α,β-unsaturated/α-hetero) is 1. The summed E-state index contributed by atoms with van der Waals surface area (Å²) >= 11 is 11.5. The molecule has 1 N–H and O–H groups in total. The van der Waals surface area contributed by atoms with Gasteiger partial charge in [-0.25, -0.2) is 4.98 Å². The van der Waals surface area contributed by atoms with E-state index in [4.69, 9.17) is 16.3 Å². The van der Waals surface area contributed by atoms with E-state index < -0.39 is 11.5 Å². The molecular weight excluding hydrogens is 550 g/mol. The molecule has 0 aliphatic carbocycles. The van der Waals surface area contributed by atoms with Crippen LogP contribution in [-0.4, -0.2) is 33.7 Å². The Balaban J connectivity index is 1.53. The fourth-order valence-corrected chi connectivity index (χ4v) is 4.93. The van der Waals surface area contributed by atoms with Crippen molar-refractivity contribution in [3.8, 4) is 5.75 Å². The SMILES string of the molecule is O=C(COc1ccccc1Br)Nn1c(SCC(=O)c2ccc(Cl)cc2)nc2ccsc2c1=O. The molecule has 0 bridgehead atoms. The molecule has 1 amide bonds. The lowest BCUT2D eigenvalue weighted by Crippen LogP contribution is -2.37. The highest BCUT2D eigenvalue weighted by molar-refractivity contribution is 9.10. The molecule has 0 aliphatic heterocycles. The molecule has 0 fully saturated rings. The highest BCUT2D eigenvalue weighted by Crippen LogP contribution is 2.24. The first kappa shape index (κ1) is 23.5.